The molecule has 0 saturated heterocycles. The lowest BCUT2D eigenvalue weighted by Gasteiger charge is -2.20. The highest BCUT2D eigenvalue weighted by Crippen LogP contribution is 2.33. The Morgan fingerprint density at radius 1 is 1.16 bits per heavy atom. The highest BCUT2D eigenvalue weighted by Gasteiger charge is 2.30. The molecule has 2 heterocycles. The van der Waals surface area contributed by atoms with Gasteiger partial charge in [-0.1, -0.05) is 18.2 Å². The van der Waals surface area contributed by atoms with Gasteiger partial charge in [0.15, 0.2) is 0 Å². The summed E-state index contributed by atoms with van der Waals surface area (Å²) in [6.45, 7) is 3.84. The summed E-state index contributed by atoms with van der Waals surface area (Å²) in [4.78, 5) is 13.7. The van der Waals surface area contributed by atoms with Crippen LogP contribution in [0.2, 0.25) is 0 Å². The van der Waals surface area contributed by atoms with E-state index in [0.29, 0.717) is 18.5 Å². The molecule has 0 saturated carbocycles. The second-order valence-electron chi connectivity index (χ2n) is 7.78. The van der Waals surface area contributed by atoms with Crippen molar-refractivity contribution >= 4 is 21.6 Å². The summed E-state index contributed by atoms with van der Waals surface area (Å²) < 4.78 is 44.2. The highest BCUT2D eigenvalue weighted by atomic mass is 32.2. The summed E-state index contributed by atoms with van der Waals surface area (Å²) in [7, 11) is -3.75. The highest BCUT2D eigenvalue weighted by molar-refractivity contribution is 7.89. The topological polar surface area (TPSA) is 71.4 Å². The molecule has 0 radical (unpaired) electrons. The molecule has 4 rings (SSSR count). The number of aromatic nitrogens is 1. The zero-order valence-corrected chi connectivity index (χ0v) is 18.2. The van der Waals surface area contributed by atoms with Crippen LogP contribution in [0.3, 0.4) is 0 Å². The summed E-state index contributed by atoms with van der Waals surface area (Å²) in [5.41, 5.74) is 2.86. The Labute approximate surface area is 181 Å². The van der Waals surface area contributed by atoms with Crippen LogP contribution in [0.15, 0.2) is 65.7 Å². The zero-order valence-electron chi connectivity index (χ0n) is 17.4. The van der Waals surface area contributed by atoms with Crippen LogP contribution in [0.1, 0.15) is 30.7 Å². The first-order valence-corrected chi connectivity index (χ1v) is 11.5. The number of benzene rings is 2. The van der Waals surface area contributed by atoms with Crippen molar-refractivity contribution in [3.8, 4) is 0 Å². The summed E-state index contributed by atoms with van der Waals surface area (Å²) in [6.07, 6.45) is 2.41. The fourth-order valence-corrected chi connectivity index (χ4v) is 5.13. The second kappa shape index (κ2) is 8.28. The van der Waals surface area contributed by atoms with E-state index in [9.17, 15) is 17.6 Å². The normalized spacial score (nSPS) is 15.8. The molecule has 31 heavy (non-hydrogen) atoms. The third kappa shape index (κ3) is 4.26. The Morgan fingerprint density at radius 3 is 2.68 bits per heavy atom. The molecule has 1 aliphatic rings. The van der Waals surface area contributed by atoms with Gasteiger partial charge in [-0.3, -0.25) is 4.79 Å². The minimum Gasteiger partial charge on any atom is -0.346 e. The van der Waals surface area contributed by atoms with Gasteiger partial charge in [0, 0.05) is 36.1 Å². The Bertz CT molecular complexity index is 1240. The van der Waals surface area contributed by atoms with Gasteiger partial charge in [0.2, 0.25) is 15.9 Å². The number of hydrogen-bond acceptors (Lipinski definition) is 3. The Morgan fingerprint density at radius 2 is 1.94 bits per heavy atom. The van der Waals surface area contributed by atoms with Gasteiger partial charge < -0.3 is 9.47 Å². The van der Waals surface area contributed by atoms with Crippen molar-refractivity contribution in [1.29, 1.82) is 0 Å². The number of rotatable bonds is 6. The molecule has 6 nitrogen and oxygen atoms in total. The van der Waals surface area contributed by atoms with Crippen molar-refractivity contribution in [2.45, 2.75) is 44.3 Å². The van der Waals surface area contributed by atoms with Crippen molar-refractivity contribution < 1.29 is 17.6 Å². The standard InChI is InChI=1S/C23H24FN3O3S/c1-16-12-19-13-21(9-10-23(19)27(16)17(2)28)31(29,30)25-14-20-7-5-11-26(20)15-18-6-3-4-8-22(18)24/h3-11,13,16,25H,12,14-15H2,1-2H3/t16-/m1/s1. The summed E-state index contributed by atoms with van der Waals surface area (Å²) in [5.74, 6) is -0.356. The van der Waals surface area contributed by atoms with Crippen LogP contribution in [0.25, 0.3) is 0 Å². The molecule has 3 aromatic rings. The molecule has 2 aromatic carbocycles. The van der Waals surface area contributed by atoms with E-state index in [-0.39, 0.29) is 29.2 Å². The summed E-state index contributed by atoms with van der Waals surface area (Å²) >= 11 is 0. The third-order valence-electron chi connectivity index (χ3n) is 5.58. The minimum atomic E-state index is -3.75. The van der Waals surface area contributed by atoms with Gasteiger partial charge in [-0.15, -0.1) is 0 Å². The number of halogens is 1. The molecule has 0 unspecified atom stereocenters. The van der Waals surface area contributed by atoms with Crippen LogP contribution in [0, 0.1) is 5.82 Å². The fraction of sp³-hybridized carbons (Fsp3) is 0.261. The average molecular weight is 442 g/mol. The lowest BCUT2D eigenvalue weighted by Crippen LogP contribution is -2.33. The molecule has 162 valence electrons. The van der Waals surface area contributed by atoms with Crippen LogP contribution >= 0.6 is 0 Å². The molecule has 0 fully saturated rings. The van der Waals surface area contributed by atoms with E-state index in [1.807, 2.05) is 11.5 Å². The van der Waals surface area contributed by atoms with Crippen molar-refractivity contribution in [2.24, 2.45) is 0 Å². The Hall–Kier alpha value is -2.97. The number of nitrogens with zero attached hydrogens (tertiary/aromatic N) is 2. The van der Waals surface area contributed by atoms with E-state index in [2.05, 4.69) is 4.72 Å². The van der Waals surface area contributed by atoms with E-state index < -0.39 is 10.0 Å². The first-order valence-electron chi connectivity index (χ1n) is 10.1. The monoisotopic (exact) mass is 441 g/mol. The van der Waals surface area contributed by atoms with Gasteiger partial charge in [-0.2, -0.15) is 0 Å². The molecule has 0 spiro atoms. The molecular weight excluding hydrogens is 417 g/mol. The molecule has 1 amide bonds. The molecule has 1 aromatic heterocycles. The van der Waals surface area contributed by atoms with Crippen LogP contribution in [0.5, 0.6) is 0 Å². The molecular formula is C23H24FN3O3S. The number of hydrogen-bond donors (Lipinski definition) is 1. The average Bonchev–Trinajstić information content (AvgIpc) is 3.30. The van der Waals surface area contributed by atoms with Crippen molar-refractivity contribution in [3.05, 3.63) is 83.4 Å². The maximum Gasteiger partial charge on any atom is 0.240 e. The molecule has 1 aliphatic heterocycles. The maximum absolute atomic E-state index is 14.0. The van der Waals surface area contributed by atoms with Gasteiger partial charge in [0.1, 0.15) is 5.82 Å². The maximum atomic E-state index is 14.0. The largest absolute Gasteiger partial charge is 0.346 e. The first-order chi connectivity index (χ1) is 14.8. The van der Waals surface area contributed by atoms with Crippen molar-refractivity contribution in [1.82, 2.24) is 9.29 Å². The second-order valence-corrected chi connectivity index (χ2v) is 9.54. The van der Waals surface area contributed by atoms with Crippen molar-refractivity contribution in [2.75, 3.05) is 4.90 Å². The lowest BCUT2D eigenvalue weighted by molar-refractivity contribution is -0.116. The zero-order chi connectivity index (χ0) is 22.2. The Kier molecular flexibility index (Phi) is 5.68. The van der Waals surface area contributed by atoms with E-state index >= 15 is 0 Å². The molecule has 0 aliphatic carbocycles. The number of fused-ring (bicyclic) bond motifs is 1. The van der Waals surface area contributed by atoms with Crippen LogP contribution in [0.4, 0.5) is 10.1 Å². The first kappa shape index (κ1) is 21.3. The third-order valence-corrected chi connectivity index (χ3v) is 6.98. The number of anilines is 1. The van der Waals surface area contributed by atoms with Crippen molar-refractivity contribution in [3.63, 3.8) is 0 Å². The number of amides is 1. The molecule has 8 heteroatoms. The predicted octanol–water partition coefficient (Wildman–Crippen LogP) is 3.45. The number of carbonyl (C=O) groups excluding carboxylic acids is 1. The Balaban J connectivity index is 1.50. The van der Waals surface area contributed by atoms with Gasteiger partial charge in [-0.25, -0.2) is 17.5 Å². The van der Waals surface area contributed by atoms with Crippen LogP contribution in [-0.4, -0.2) is 24.9 Å². The van der Waals surface area contributed by atoms with E-state index in [1.54, 1.807) is 53.6 Å². The van der Waals surface area contributed by atoms with Crippen LogP contribution in [-0.2, 0) is 34.3 Å². The summed E-state index contributed by atoms with van der Waals surface area (Å²) in [6, 6.07) is 15.0. The molecule has 1 atom stereocenters. The van der Waals surface area contributed by atoms with Gasteiger partial charge >= 0.3 is 0 Å². The van der Waals surface area contributed by atoms with Crippen LogP contribution < -0.4 is 9.62 Å². The number of sulfonamides is 1. The smallest absolute Gasteiger partial charge is 0.240 e. The quantitative estimate of drug-likeness (QED) is 0.637. The number of nitrogens with one attached hydrogen (secondary N) is 1. The van der Waals surface area contributed by atoms with Gasteiger partial charge in [0.25, 0.3) is 0 Å². The number of carbonyl (C=O) groups is 1. The van der Waals surface area contributed by atoms with Gasteiger partial charge in [-0.05, 0) is 55.3 Å². The van der Waals surface area contributed by atoms with E-state index in [0.717, 1.165) is 16.9 Å². The van der Waals surface area contributed by atoms with E-state index in [4.69, 9.17) is 0 Å². The summed E-state index contributed by atoms with van der Waals surface area (Å²) in [5, 5.41) is 0. The SMILES string of the molecule is CC(=O)N1c2ccc(S(=O)(=O)NCc3cccn3Cc3ccccc3F)cc2C[C@H]1C. The predicted molar refractivity (Wildman–Crippen MR) is 117 cm³/mol. The molecule has 0 bridgehead atoms. The van der Waals surface area contributed by atoms with E-state index in [1.165, 1.54) is 19.1 Å². The minimum absolute atomic E-state index is 0.0000669. The fourth-order valence-electron chi connectivity index (χ4n) is 4.08. The molecule has 1 N–H and O–H groups in total. The lowest BCUT2D eigenvalue weighted by atomic mass is 10.1. The van der Waals surface area contributed by atoms with Gasteiger partial charge in [0.05, 0.1) is 18.0 Å².